The molecule has 0 aliphatic heterocycles. The second-order valence-corrected chi connectivity index (χ2v) is 4.56. The van der Waals surface area contributed by atoms with Gasteiger partial charge in [0.1, 0.15) is 0 Å². The molecule has 3 aromatic rings. The Hall–Kier alpha value is -2.42. The van der Waals surface area contributed by atoms with Gasteiger partial charge in [-0.25, -0.2) is 0 Å². The minimum atomic E-state index is 0.134. The van der Waals surface area contributed by atoms with Crippen LogP contribution in [0.1, 0.15) is 18.7 Å². The predicted octanol–water partition coefficient (Wildman–Crippen LogP) is 3.80. The second-order valence-electron chi connectivity index (χ2n) is 4.56. The Morgan fingerprint density at radius 3 is 2.63 bits per heavy atom. The molecule has 3 heteroatoms. The van der Waals surface area contributed by atoms with E-state index < -0.39 is 0 Å². The summed E-state index contributed by atoms with van der Waals surface area (Å²) in [6.07, 6.45) is 5.19. The summed E-state index contributed by atoms with van der Waals surface area (Å²) in [5.74, 6) is 0. The van der Waals surface area contributed by atoms with E-state index in [0.717, 1.165) is 11.4 Å². The third kappa shape index (κ3) is 2.55. The van der Waals surface area contributed by atoms with Crippen LogP contribution in [0.2, 0.25) is 0 Å². The Labute approximate surface area is 112 Å². The summed E-state index contributed by atoms with van der Waals surface area (Å²) in [5, 5.41) is 5.93. The van der Waals surface area contributed by atoms with E-state index in [1.165, 1.54) is 10.8 Å². The maximum Gasteiger partial charge on any atom is 0.0806 e. The predicted molar refractivity (Wildman–Crippen MR) is 78.0 cm³/mol. The van der Waals surface area contributed by atoms with Crippen LogP contribution in [0.3, 0.4) is 0 Å². The van der Waals surface area contributed by atoms with Crippen molar-refractivity contribution in [2.45, 2.75) is 13.0 Å². The van der Waals surface area contributed by atoms with Gasteiger partial charge in [0.2, 0.25) is 0 Å². The van der Waals surface area contributed by atoms with Gasteiger partial charge in [-0.2, -0.15) is 0 Å². The van der Waals surface area contributed by atoms with Gasteiger partial charge in [0.05, 0.1) is 17.9 Å². The van der Waals surface area contributed by atoms with Crippen LogP contribution in [0.5, 0.6) is 0 Å². The van der Waals surface area contributed by atoms with Gasteiger partial charge in [-0.3, -0.25) is 9.97 Å². The van der Waals surface area contributed by atoms with Crippen LogP contribution < -0.4 is 5.32 Å². The monoisotopic (exact) mass is 249 g/mol. The lowest BCUT2D eigenvalue weighted by atomic mass is 10.1. The quantitative estimate of drug-likeness (QED) is 0.767. The molecule has 0 bridgehead atoms. The first-order chi connectivity index (χ1) is 9.33. The standard InChI is InChI=1S/C16H15N3/c1-12(16-11-17-8-9-18-16)19-15-7-6-13-4-2-3-5-14(13)10-15/h2-12,19H,1H3. The van der Waals surface area contributed by atoms with Crippen molar-refractivity contribution in [3.05, 3.63) is 66.7 Å². The lowest BCUT2D eigenvalue weighted by Gasteiger charge is -2.14. The zero-order chi connectivity index (χ0) is 13.1. The summed E-state index contributed by atoms with van der Waals surface area (Å²) >= 11 is 0. The fourth-order valence-electron chi connectivity index (χ4n) is 2.14. The molecule has 19 heavy (non-hydrogen) atoms. The number of fused-ring (bicyclic) bond motifs is 1. The lowest BCUT2D eigenvalue weighted by Crippen LogP contribution is -2.08. The molecule has 0 aliphatic rings. The first-order valence-electron chi connectivity index (χ1n) is 6.34. The largest absolute Gasteiger partial charge is 0.377 e. The number of hydrogen-bond donors (Lipinski definition) is 1. The van der Waals surface area contributed by atoms with Crippen LogP contribution in [0.15, 0.2) is 61.1 Å². The molecule has 1 atom stereocenters. The average molecular weight is 249 g/mol. The molecule has 1 N–H and O–H groups in total. The molecule has 1 aromatic heterocycles. The number of nitrogens with zero attached hydrogens (tertiary/aromatic N) is 2. The molecule has 3 rings (SSSR count). The first kappa shape index (κ1) is 11.7. The van der Waals surface area contributed by atoms with Crippen LogP contribution >= 0.6 is 0 Å². The molecule has 0 fully saturated rings. The molecule has 1 heterocycles. The van der Waals surface area contributed by atoms with Crippen molar-refractivity contribution in [1.29, 1.82) is 0 Å². The van der Waals surface area contributed by atoms with Crippen LogP contribution in [0.25, 0.3) is 10.8 Å². The third-order valence-electron chi connectivity index (χ3n) is 3.16. The highest BCUT2D eigenvalue weighted by Gasteiger charge is 2.06. The maximum atomic E-state index is 4.31. The zero-order valence-corrected chi connectivity index (χ0v) is 10.7. The molecule has 1 unspecified atom stereocenters. The van der Waals surface area contributed by atoms with Crippen molar-refractivity contribution in [1.82, 2.24) is 9.97 Å². The Kier molecular flexibility index (Phi) is 3.11. The van der Waals surface area contributed by atoms with Crippen molar-refractivity contribution in [3.8, 4) is 0 Å². The van der Waals surface area contributed by atoms with Gasteiger partial charge < -0.3 is 5.32 Å². The molecule has 0 saturated carbocycles. The van der Waals surface area contributed by atoms with E-state index in [-0.39, 0.29) is 6.04 Å². The van der Waals surface area contributed by atoms with Gasteiger partial charge in [-0.1, -0.05) is 30.3 Å². The van der Waals surface area contributed by atoms with Gasteiger partial charge in [-0.05, 0) is 29.8 Å². The molecule has 3 nitrogen and oxygen atoms in total. The Balaban J connectivity index is 1.85. The zero-order valence-electron chi connectivity index (χ0n) is 10.7. The van der Waals surface area contributed by atoms with E-state index in [9.17, 15) is 0 Å². The summed E-state index contributed by atoms with van der Waals surface area (Å²) in [7, 11) is 0. The minimum Gasteiger partial charge on any atom is -0.377 e. The lowest BCUT2D eigenvalue weighted by molar-refractivity contribution is 0.828. The van der Waals surface area contributed by atoms with Gasteiger partial charge >= 0.3 is 0 Å². The molecular weight excluding hydrogens is 234 g/mol. The molecule has 2 aromatic carbocycles. The summed E-state index contributed by atoms with van der Waals surface area (Å²) < 4.78 is 0. The van der Waals surface area contributed by atoms with Crippen molar-refractivity contribution in [3.63, 3.8) is 0 Å². The average Bonchev–Trinajstić information content (AvgIpc) is 2.48. The Morgan fingerprint density at radius 2 is 1.84 bits per heavy atom. The van der Waals surface area contributed by atoms with E-state index in [1.54, 1.807) is 18.6 Å². The van der Waals surface area contributed by atoms with E-state index in [1.807, 2.05) is 0 Å². The molecule has 0 aliphatic carbocycles. The fourth-order valence-corrected chi connectivity index (χ4v) is 2.14. The molecule has 94 valence electrons. The third-order valence-corrected chi connectivity index (χ3v) is 3.16. The van der Waals surface area contributed by atoms with Crippen molar-refractivity contribution < 1.29 is 0 Å². The number of aromatic nitrogens is 2. The molecule has 0 radical (unpaired) electrons. The Bertz CT molecular complexity index is 680. The summed E-state index contributed by atoms with van der Waals surface area (Å²) in [6.45, 7) is 2.08. The highest BCUT2D eigenvalue weighted by atomic mass is 14.9. The first-order valence-corrected chi connectivity index (χ1v) is 6.34. The van der Waals surface area contributed by atoms with E-state index in [2.05, 4.69) is 64.7 Å². The van der Waals surface area contributed by atoms with Gasteiger partial charge in [-0.15, -0.1) is 0 Å². The smallest absolute Gasteiger partial charge is 0.0806 e. The van der Waals surface area contributed by atoms with Crippen LogP contribution in [-0.2, 0) is 0 Å². The summed E-state index contributed by atoms with van der Waals surface area (Å²) in [5.41, 5.74) is 2.03. The number of anilines is 1. The minimum absolute atomic E-state index is 0.134. The topological polar surface area (TPSA) is 37.8 Å². The summed E-state index contributed by atoms with van der Waals surface area (Å²) in [4.78, 5) is 8.41. The Morgan fingerprint density at radius 1 is 1.00 bits per heavy atom. The van der Waals surface area contributed by atoms with Crippen LogP contribution in [0.4, 0.5) is 5.69 Å². The normalized spacial score (nSPS) is 12.3. The summed E-state index contributed by atoms with van der Waals surface area (Å²) in [6, 6.07) is 14.8. The van der Waals surface area contributed by atoms with Crippen LogP contribution in [0, 0.1) is 0 Å². The van der Waals surface area contributed by atoms with Crippen molar-refractivity contribution >= 4 is 16.5 Å². The molecule has 0 saturated heterocycles. The van der Waals surface area contributed by atoms with Crippen molar-refractivity contribution in [2.75, 3.05) is 5.32 Å². The highest BCUT2D eigenvalue weighted by Crippen LogP contribution is 2.22. The maximum absolute atomic E-state index is 4.31. The molecule has 0 spiro atoms. The van der Waals surface area contributed by atoms with E-state index in [0.29, 0.717) is 0 Å². The second kappa shape index (κ2) is 5.06. The van der Waals surface area contributed by atoms with Crippen LogP contribution in [-0.4, -0.2) is 9.97 Å². The molecule has 0 amide bonds. The van der Waals surface area contributed by atoms with E-state index >= 15 is 0 Å². The van der Waals surface area contributed by atoms with Gasteiger partial charge in [0, 0.05) is 18.1 Å². The van der Waals surface area contributed by atoms with E-state index in [4.69, 9.17) is 0 Å². The number of rotatable bonds is 3. The molecular formula is C16H15N3. The van der Waals surface area contributed by atoms with Gasteiger partial charge in [0.15, 0.2) is 0 Å². The number of benzene rings is 2. The SMILES string of the molecule is CC(Nc1ccc2ccccc2c1)c1cnccn1. The number of nitrogens with one attached hydrogen (secondary N) is 1. The van der Waals surface area contributed by atoms with Gasteiger partial charge in [0.25, 0.3) is 0 Å². The number of hydrogen-bond acceptors (Lipinski definition) is 3. The highest BCUT2D eigenvalue weighted by molar-refractivity contribution is 5.85. The van der Waals surface area contributed by atoms with Crippen molar-refractivity contribution in [2.24, 2.45) is 0 Å². The fraction of sp³-hybridized carbons (Fsp3) is 0.125.